The molecule has 4 nitrogen and oxygen atoms in total. The van der Waals surface area contributed by atoms with Crippen LogP contribution in [0.25, 0.3) is 0 Å². The predicted molar refractivity (Wildman–Crippen MR) is 89.8 cm³/mol. The first-order valence-electron chi connectivity index (χ1n) is 5.89. The number of anilines is 1. The van der Waals surface area contributed by atoms with Gasteiger partial charge in [-0.2, -0.15) is 5.10 Å². The SMILES string of the molecule is CC(C)c1cc(NC(=O)c2cc(Cl)cc(Cl)c2I)n[nH]1. The Hall–Kier alpha value is -0.790. The zero-order valence-electron chi connectivity index (χ0n) is 10.8. The van der Waals surface area contributed by atoms with Crippen LogP contribution in [-0.2, 0) is 0 Å². The number of aromatic nitrogens is 2. The van der Waals surface area contributed by atoms with Crippen molar-refractivity contribution in [3.63, 3.8) is 0 Å². The molecule has 106 valence electrons. The Kier molecular flexibility index (Phi) is 4.93. The molecule has 1 heterocycles. The van der Waals surface area contributed by atoms with Gasteiger partial charge in [0.2, 0.25) is 0 Å². The Morgan fingerprint density at radius 2 is 2.05 bits per heavy atom. The van der Waals surface area contributed by atoms with Gasteiger partial charge in [-0.15, -0.1) is 0 Å². The molecule has 20 heavy (non-hydrogen) atoms. The number of rotatable bonds is 3. The van der Waals surface area contributed by atoms with Crippen molar-refractivity contribution in [1.29, 1.82) is 0 Å². The molecule has 7 heteroatoms. The van der Waals surface area contributed by atoms with Crippen molar-refractivity contribution in [3.05, 3.63) is 43.1 Å². The zero-order valence-corrected chi connectivity index (χ0v) is 14.5. The molecule has 0 aliphatic heterocycles. The quantitative estimate of drug-likeness (QED) is 0.555. The summed E-state index contributed by atoms with van der Waals surface area (Å²) in [4.78, 5) is 12.2. The number of carbonyl (C=O) groups excluding carboxylic acids is 1. The molecule has 1 aromatic heterocycles. The van der Waals surface area contributed by atoms with Crippen molar-refractivity contribution >= 4 is 57.5 Å². The lowest BCUT2D eigenvalue weighted by molar-refractivity contribution is 0.102. The van der Waals surface area contributed by atoms with E-state index >= 15 is 0 Å². The Bertz CT molecular complexity index is 655. The van der Waals surface area contributed by atoms with Crippen molar-refractivity contribution in [3.8, 4) is 0 Å². The molecule has 2 aromatic rings. The van der Waals surface area contributed by atoms with Crippen molar-refractivity contribution < 1.29 is 4.79 Å². The Balaban J connectivity index is 2.23. The second-order valence-corrected chi connectivity index (χ2v) is 6.49. The third-order valence-corrected chi connectivity index (χ3v) is 4.70. The van der Waals surface area contributed by atoms with Crippen LogP contribution >= 0.6 is 45.8 Å². The summed E-state index contributed by atoms with van der Waals surface area (Å²) in [6.07, 6.45) is 0. The van der Waals surface area contributed by atoms with Crippen LogP contribution in [0, 0.1) is 3.57 Å². The molecule has 0 atom stereocenters. The predicted octanol–water partition coefficient (Wildman–Crippen LogP) is 4.70. The van der Waals surface area contributed by atoms with Gasteiger partial charge in [0.1, 0.15) is 0 Å². The van der Waals surface area contributed by atoms with Crippen molar-refractivity contribution in [1.82, 2.24) is 10.2 Å². The summed E-state index contributed by atoms with van der Waals surface area (Å²) in [5, 5.41) is 10.5. The molecule has 0 spiro atoms. The smallest absolute Gasteiger partial charge is 0.258 e. The highest BCUT2D eigenvalue weighted by Gasteiger charge is 2.15. The van der Waals surface area contributed by atoms with E-state index in [-0.39, 0.29) is 5.91 Å². The fourth-order valence-corrected chi connectivity index (χ4v) is 2.65. The van der Waals surface area contributed by atoms with Crippen LogP contribution in [0.3, 0.4) is 0 Å². The molecule has 0 aliphatic rings. The summed E-state index contributed by atoms with van der Waals surface area (Å²) in [6.45, 7) is 4.08. The molecule has 0 radical (unpaired) electrons. The molecule has 0 fully saturated rings. The minimum absolute atomic E-state index is 0.291. The van der Waals surface area contributed by atoms with E-state index < -0.39 is 0 Å². The number of benzene rings is 1. The molecular weight excluding hydrogens is 412 g/mol. The molecule has 1 amide bonds. The van der Waals surface area contributed by atoms with Crippen LogP contribution in [0.4, 0.5) is 5.82 Å². The first-order valence-corrected chi connectivity index (χ1v) is 7.73. The lowest BCUT2D eigenvalue weighted by atomic mass is 10.1. The van der Waals surface area contributed by atoms with Crippen molar-refractivity contribution in [2.75, 3.05) is 5.32 Å². The summed E-state index contributed by atoms with van der Waals surface area (Å²) < 4.78 is 0.658. The molecule has 0 unspecified atom stereocenters. The number of nitrogens with one attached hydrogen (secondary N) is 2. The summed E-state index contributed by atoms with van der Waals surface area (Å²) in [7, 11) is 0. The van der Waals surface area contributed by atoms with E-state index in [0.717, 1.165) is 5.69 Å². The third-order valence-electron chi connectivity index (χ3n) is 2.70. The zero-order chi connectivity index (χ0) is 14.9. The van der Waals surface area contributed by atoms with Crippen LogP contribution in [-0.4, -0.2) is 16.1 Å². The second-order valence-electron chi connectivity index (χ2n) is 4.57. The van der Waals surface area contributed by atoms with Gasteiger partial charge in [0.15, 0.2) is 5.82 Å². The van der Waals surface area contributed by atoms with E-state index in [4.69, 9.17) is 23.2 Å². The van der Waals surface area contributed by atoms with Crippen LogP contribution in [0.1, 0.15) is 35.8 Å². The molecular formula is C13H12Cl2IN3O. The van der Waals surface area contributed by atoms with Gasteiger partial charge in [-0.1, -0.05) is 37.0 Å². The fourth-order valence-electron chi connectivity index (χ4n) is 1.60. The highest BCUT2D eigenvalue weighted by molar-refractivity contribution is 14.1. The number of aromatic amines is 1. The van der Waals surface area contributed by atoms with E-state index in [9.17, 15) is 4.79 Å². The lowest BCUT2D eigenvalue weighted by Crippen LogP contribution is -2.14. The van der Waals surface area contributed by atoms with Gasteiger partial charge in [-0.05, 0) is 40.6 Å². The van der Waals surface area contributed by atoms with Crippen LogP contribution in [0.5, 0.6) is 0 Å². The standard InChI is InChI=1S/C13H12Cl2IN3O/c1-6(2)10-5-11(19-18-10)17-13(20)8-3-7(14)4-9(15)12(8)16/h3-6H,1-2H3,(H2,17,18,19,20). The van der Waals surface area contributed by atoms with E-state index in [1.165, 1.54) is 0 Å². The van der Waals surface area contributed by atoms with Gasteiger partial charge < -0.3 is 5.32 Å². The molecule has 0 bridgehead atoms. The van der Waals surface area contributed by atoms with Gasteiger partial charge in [0, 0.05) is 20.4 Å². The van der Waals surface area contributed by atoms with Crippen molar-refractivity contribution in [2.45, 2.75) is 19.8 Å². The Morgan fingerprint density at radius 1 is 1.35 bits per heavy atom. The topological polar surface area (TPSA) is 57.8 Å². The molecule has 2 N–H and O–H groups in total. The highest BCUT2D eigenvalue weighted by atomic mass is 127. The summed E-state index contributed by atoms with van der Waals surface area (Å²) in [5.74, 6) is 0.500. The number of hydrogen-bond acceptors (Lipinski definition) is 2. The number of amides is 1. The Morgan fingerprint density at radius 3 is 2.65 bits per heavy atom. The maximum absolute atomic E-state index is 12.2. The average molecular weight is 424 g/mol. The van der Waals surface area contributed by atoms with Crippen LogP contribution in [0.15, 0.2) is 18.2 Å². The summed E-state index contributed by atoms with van der Waals surface area (Å²) >= 11 is 14.0. The first kappa shape index (κ1) is 15.6. The summed E-state index contributed by atoms with van der Waals surface area (Å²) in [6, 6.07) is 5.00. The normalized spacial score (nSPS) is 10.9. The van der Waals surface area contributed by atoms with Crippen LogP contribution in [0.2, 0.25) is 10.0 Å². The largest absolute Gasteiger partial charge is 0.305 e. The number of H-pyrrole nitrogens is 1. The van der Waals surface area contributed by atoms with E-state index in [0.29, 0.717) is 30.9 Å². The van der Waals surface area contributed by atoms with Gasteiger partial charge in [-0.3, -0.25) is 9.89 Å². The number of halogens is 3. The molecule has 0 saturated carbocycles. The average Bonchev–Trinajstić information content (AvgIpc) is 2.82. The number of carbonyl (C=O) groups is 1. The maximum atomic E-state index is 12.2. The third kappa shape index (κ3) is 3.45. The molecule has 2 rings (SSSR count). The van der Waals surface area contributed by atoms with E-state index in [2.05, 4.69) is 15.5 Å². The number of nitrogens with zero attached hydrogens (tertiary/aromatic N) is 1. The fraction of sp³-hybridized carbons (Fsp3) is 0.231. The maximum Gasteiger partial charge on any atom is 0.258 e. The van der Waals surface area contributed by atoms with Crippen molar-refractivity contribution in [2.24, 2.45) is 0 Å². The van der Waals surface area contributed by atoms with Gasteiger partial charge >= 0.3 is 0 Å². The Labute approximate surface area is 140 Å². The number of hydrogen-bond donors (Lipinski definition) is 2. The molecule has 0 saturated heterocycles. The summed E-state index contributed by atoms with van der Waals surface area (Å²) in [5.41, 5.74) is 1.39. The monoisotopic (exact) mass is 423 g/mol. The van der Waals surface area contributed by atoms with Gasteiger partial charge in [-0.25, -0.2) is 0 Å². The second kappa shape index (κ2) is 6.32. The van der Waals surface area contributed by atoms with Gasteiger partial charge in [0.25, 0.3) is 5.91 Å². The lowest BCUT2D eigenvalue weighted by Gasteiger charge is -2.06. The first-order chi connectivity index (χ1) is 9.38. The van der Waals surface area contributed by atoms with E-state index in [1.54, 1.807) is 12.1 Å². The van der Waals surface area contributed by atoms with Gasteiger partial charge in [0.05, 0.1) is 10.6 Å². The molecule has 0 aliphatic carbocycles. The highest BCUT2D eigenvalue weighted by Crippen LogP contribution is 2.27. The van der Waals surface area contributed by atoms with Crippen LogP contribution < -0.4 is 5.32 Å². The van der Waals surface area contributed by atoms with E-state index in [1.807, 2.05) is 42.5 Å². The minimum Gasteiger partial charge on any atom is -0.305 e. The molecule has 1 aromatic carbocycles. The minimum atomic E-state index is -0.291.